The molecule has 0 aromatic carbocycles. The third-order valence-corrected chi connectivity index (χ3v) is 18.4. The maximum Gasteiger partial charge on any atom is 1.00 e. The molecule has 55 heteroatoms. The summed E-state index contributed by atoms with van der Waals surface area (Å²) in [5, 5.41) is 55.2. The Bertz CT molecular complexity index is 3460. The molecular weight excluding hydrogens is 1870 g/mol. The number of carbonyl (C=O) groups is 22. The van der Waals surface area contributed by atoms with Gasteiger partial charge < -0.3 is 137 Å². The average Bonchev–Trinajstić information content (AvgIpc) is 1.43. The summed E-state index contributed by atoms with van der Waals surface area (Å²) in [4.78, 5) is 277. The van der Waals surface area contributed by atoms with E-state index in [1.165, 1.54) is 69.2 Å². The van der Waals surface area contributed by atoms with Crippen molar-refractivity contribution in [2.75, 3.05) is 211 Å². The third-order valence-electron chi connectivity index (χ3n) is 18.4. The number of hydrogen-bond acceptors (Lipinski definition) is 45. The molecule has 4 aliphatic heterocycles. The van der Waals surface area contributed by atoms with Crippen molar-refractivity contribution in [3.63, 3.8) is 0 Å². The Labute approximate surface area is 814 Å². The van der Waals surface area contributed by atoms with E-state index in [-0.39, 0.29) is 298 Å². The second-order valence-corrected chi connectivity index (χ2v) is 33.9. The van der Waals surface area contributed by atoms with Gasteiger partial charge in [-0.15, -0.1) is 20.3 Å². The standard InChI is InChI=1S/C41H68O20.C37H48N4O24.C4H9NO2.CH2O3.Na/c1-37(2,33(46)47)17-29(42)21-54-9-13-58-25-41(26-59-14-10-55-22-30(43)18-38(3,4)34(48)49,27-60-15-11-56-23-31(44)19-39(5,6)35(50)51)28-61-16-12-57-24-32(45)20-40(7,8)36(52)53;42-25-1-2-26(43)38(25)62-33(50)17-54-9-13-58-21-37(22-59-14-10-55-18-34(51)63-39-27(44)3-4-28(39)45,23-60-15-11-56-19-35(52)64-40-29(46)5-6-30(40)47)24-61-16-12-57-20-36(53)65-41-31(48)7-8-32(41)49;1-4(2,5)3(6)7;2-1-4-3;/h9-28H2,1-8H3,(H,46,47)(H,48,49)(H,50,51)(H,52,53);1-24H2;5H2,1-2H3,(H,6,7);1,3H;/q;;;;+1/p-1. The van der Waals surface area contributed by atoms with E-state index < -0.39 is 189 Å². The number of ketones is 4. The van der Waals surface area contributed by atoms with Crippen LogP contribution < -0.4 is 40.5 Å². The van der Waals surface area contributed by atoms with Crippen molar-refractivity contribution >= 4 is 131 Å². The van der Waals surface area contributed by atoms with Gasteiger partial charge in [0.25, 0.3) is 53.7 Å². The Balaban J connectivity index is 0.00000244. The molecule has 778 valence electrons. The Morgan fingerprint density at radius 1 is 0.275 bits per heavy atom. The van der Waals surface area contributed by atoms with Crippen LogP contribution in [0.1, 0.15) is 146 Å². The van der Waals surface area contributed by atoms with Gasteiger partial charge in [0.1, 0.15) is 58.4 Å². The van der Waals surface area contributed by atoms with Gasteiger partial charge in [-0.1, -0.05) is 0 Å². The number of Topliss-reactive ketones (excluding diaryl/α,β-unsaturated/α-hetero) is 4. The fraction of sp³-hybridized carbons (Fsp3) is 0.735. The number of ether oxygens (including phenoxy) is 16. The van der Waals surface area contributed by atoms with Gasteiger partial charge in [0.15, 0.2) is 23.1 Å². The summed E-state index contributed by atoms with van der Waals surface area (Å²) in [6.07, 6.45) is -1.64. The van der Waals surface area contributed by atoms with Gasteiger partial charge >= 0.3 is 83.3 Å². The Morgan fingerprint density at radius 3 is 0.529 bits per heavy atom. The molecule has 0 aromatic heterocycles. The number of imide groups is 4. The van der Waals surface area contributed by atoms with E-state index in [1.54, 1.807) is 0 Å². The van der Waals surface area contributed by atoms with Gasteiger partial charge in [-0.05, 0) is 69.2 Å². The average molecular weight is 2000 g/mol. The van der Waals surface area contributed by atoms with Gasteiger partial charge in [-0.2, -0.15) is 0 Å². The van der Waals surface area contributed by atoms with Crippen molar-refractivity contribution < 1.29 is 266 Å². The first-order chi connectivity index (χ1) is 64.2. The van der Waals surface area contributed by atoms with Crippen LogP contribution in [0.3, 0.4) is 0 Å². The second-order valence-electron chi connectivity index (χ2n) is 33.9. The second kappa shape index (κ2) is 67.5. The molecule has 4 rings (SSSR count). The van der Waals surface area contributed by atoms with E-state index in [4.69, 9.17) is 116 Å². The number of nitrogens with two attached hydrogens (primary N) is 1. The minimum Gasteiger partial charge on any atom is -0.662 e. The first-order valence-corrected chi connectivity index (χ1v) is 42.5. The minimum absolute atomic E-state index is 0. The van der Waals surface area contributed by atoms with Gasteiger partial charge in [-0.25, -0.2) is 19.2 Å². The van der Waals surface area contributed by atoms with Crippen LogP contribution in [0, 0.1) is 32.5 Å². The molecule has 4 saturated heterocycles. The van der Waals surface area contributed by atoms with E-state index in [9.17, 15) is 121 Å². The van der Waals surface area contributed by atoms with E-state index in [0.29, 0.717) is 20.3 Å². The Morgan fingerprint density at radius 2 is 0.406 bits per heavy atom. The van der Waals surface area contributed by atoms with Crippen LogP contribution in [0.5, 0.6) is 0 Å². The molecule has 0 unspecified atom stereocenters. The first kappa shape index (κ1) is 128. The largest absolute Gasteiger partial charge is 1.00 e. The molecule has 4 heterocycles. The van der Waals surface area contributed by atoms with Crippen LogP contribution in [0.2, 0.25) is 0 Å². The molecule has 8 amide bonds. The Kier molecular flexibility index (Phi) is 62.8. The van der Waals surface area contributed by atoms with Crippen LogP contribution in [-0.4, -0.2) is 393 Å². The maximum absolute atomic E-state index is 12.3. The van der Waals surface area contributed by atoms with Crippen LogP contribution in [0.15, 0.2) is 0 Å². The molecule has 0 aromatic rings. The number of carbonyl (C=O) groups excluding carboxylic acids is 17. The molecule has 138 heavy (non-hydrogen) atoms. The number of hydroxylamine groups is 8. The summed E-state index contributed by atoms with van der Waals surface area (Å²) >= 11 is 0. The predicted octanol–water partition coefficient (Wildman–Crippen LogP) is -5.83. The van der Waals surface area contributed by atoms with Crippen molar-refractivity contribution in [1.82, 2.24) is 20.3 Å². The summed E-state index contributed by atoms with van der Waals surface area (Å²) in [6, 6.07) is 0. The summed E-state index contributed by atoms with van der Waals surface area (Å²) in [7, 11) is 0. The normalized spacial score (nSPS) is 14.2. The third kappa shape index (κ3) is 55.3. The Hall–Kier alpha value is -9.78. The fourth-order valence-electron chi connectivity index (χ4n) is 10.7. The molecule has 0 radical (unpaired) electrons. The number of hydrogen-bond donors (Lipinski definition) is 6. The van der Waals surface area contributed by atoms with Gasteiger partial charge in [0, 0.05) is 77.0 Å². The summed E-state index contributed by atoms with van der Waals surface area (Å²) in [6.45, 7) is 7.95. The fourth-order valence-corrected chi connectivity index (χ4v) is 10.7. The maximum atomic E-state index is 12.3. The van der Waals surface area contributed by atoms with E-state index >= 15 is 0 Å². The quantitative estimate of drug-likeness (QED) is 0.00825. The number of carboxylic acids is 5. The summed E-state index contributed by atoms with van der Waals surface area (Å²) in [5.41, 5.74) is -3.28. The van der Waals surface area contributed by atoms with Crippen molar-refractivity contribution in [1.29, 1.82) is 0 Å². The van der Waals surface area contributed by atoms with Gasteiger partial charge in [0.2, 0.25) is 0 Å². The summed E-state index contributed by atoms with van der Waals surface area (Å²) < 4.78 is 89.6. The first-order valence-electron chi connectivity index (χ1n) is 42.5. The molecule has 0 aliphatic carbocycles. The smallest absolute Gasteiger partial charge is 0.662 e. The van der Waals surface area contributed by atoms with Crippen LogP contribution >= 0.6 is 0 Å². The van der Waals surface area contributed by atoms with Crippen molar-refractivity contribution in [3.05, 3.63) is 0 Å². The molecule has 54 nitrogen and oxygen atoms in total. The molecule has 4 aliphatic rings. The van der Waals surface area contributed by atoms with Crippen LogP contribution in [0.4, 0.5) is 0 Å². The predicted molar refractivity (Wildman–Crippen MR) is 444 cm³/mol. The van der Waals surface area contributed by atoms with Crippen molar-refractivity contribution in [2.24, 2.45) is 38.2 Å². The van der Waals surface area contributed by atoms with Crippen LogP contribution in [0.25, 0.3) is 0 Å². The van der Waals surface area contributed by atoms with Crippen LogP contribution in [-0.2, 0) is 206 Å². The molecule has 0 saturated carbocycles. The molecule has 0 atom stereocenters. The molecule has 0 bridgehead atoms. The zero-order valence-corrected chi connectivity index (χ0v) is 81.3. The number of carboxylic acid groups (broad SMARTS) is 5. The number of aliphatic carboxylic acids is 5. The SMILES string of the molecule is CC(C)(CC(=O)COCCOCC(COCCOCC(=O)CC(C)(C)C(=O)O)(COCCOCC(=O)CC(C)(C)C(=O)O)COCCOCC(=O)CC(C)(C)C(=O)O)C(=O)O.CC(C)(N)C(=O)O.O=C(COCCOCC(COCCOCC(=O)ON1C(=O)CCC1=O)(COCCOCC(=O)ON1C(=O)CCC1=O)COCCOCC(=O)ON1C(=O)CCC1=O)ON1C(=O)CCC1=O.O=CO[O-].[Na+]. The van der Waals surface area contributed by atoms with Gasteiger partial charge in [0.05, 0.1) is 191 Å². The van der Waals surface area contributed by atoms with Crippen molar-refractivity contribution in [2.45, 2.75) is 152 Å². The zero-order chi connectivity index (χ0) is 104. The minimum atomic E-state index is -1.26. The summed E-state index contributed by atoms with van der Waals surface area (Å²) in [5.74, 6) is -16.4. The number of amides is 8. The topological polar surface area (TPSA) is 733 Å². The monoisotopic (exact) mass is 2000 g/mol. The van der Waals surface area contributed by atoms with E-state index in [1.807, 2.05) is 0 Å². The number of rotatable bonds is 74. The van der Waals surface area contributed by atoms with E-state index in [2.05, 4.69) is 4.89 Å². The zero-order valence-electron chi connectivity index (χ0n) is 79.3. The molecule has 7 N–H and O–H groups in total. The molecule has 4 fully saturated rings. The van der Waals surface area contributed by atoms with E-state index in [0.717, 1.165) is 0 Å². The van der Waals surface area contributed by atoms with Gasteiger partial charge in [-0.3, -0.25) is 86.3 Å². The molecule has 0 spiro atoms. The molecular formula is C83H126N5NaO49. The van der Waals surface area contributed by atoms with Crippen molar-refractivity contribution in [3.8, 4) is 0 Å². The number of nitrogens with zero attached hydrogens (tertiary/aromatic N) is 4.